The van der Waals surface area contributed by atoms with Gasteiger partial charge in [0, 0.05) is 11.0 Å². The molecule has 0 aromatic heterocycles. The maximum absolute atomic E-state index is 13.5. The molecule has 2 aromatic carbocycles. The van der Waals surface area contributed by atoms with E-state index in [2.05, 4.69) is 21.2 Å². The molecular formula is C15H12BrF2NO2. The van der Waals surface area contributed by atoms with Gasteiger partial charge >= 0.3 is 0 Å². The molecule has 6 heteroatoms. The van der Waals surface area contributed by atoms with Crippen molar-refractivity contribution in [2.75, 3.05) is 6.61 Å². The normalized spacial score (nSPS) is 10.2. The zero-order valence-corrected chi connectivity index (χ0v) is 12.5. The monoisotopic (exact) mass is 355 g/mol. The van der Waals surface area contributed by atoms with Crippen molar-refractivity contribution >= 4 is 21.8 Å². The van der Waals surface area contributed by atoms with Gasteiger partial charge in [0.05, 0.1) is 0 Å². The Morgan fingerprint density at radius 2 is 1.86 bits per heavy atom. The number of carbonyl (C=O) groups is 1. The second-order valence-corrected chi connectivity index (χ2v) is 5.18. The highest BCUT2D eigenvalue weighted by Gasteiger charge is 2.07. The number of hydrogen-bond acceptors (Lipinski definition) is 2. The molecule has 0 unspecified atom stereocenters. The van der Waals surface area contributed by atoms with Gasteiger partial charge in [-0.1, -0.05) is 28.1 Å². The average Bonchev–Trinajstić information content (AvgIpc) is 2.46. The van der Waals surface area contributed by atoms with Gasteiger partial charge in [-0.15, -0.1) is 0 Å². The van der Waals surface area contributed by atoms with Crippen LogP contribution in [0, 0.1) is 11.6 Å². The fourth-order valence-corrected chi connectivity index (χ4v) is 1.92. The van der Waals surface area contributed by atoms with Crippen LogP contribution in [0.5, 0.6) is 5.75 Å². The van der Waals surface area contributed by atoms with E-state index in [1.807, 2.05) is 0 Å². The van der Waals surface area contributed by atoms with Crippen LogP contribution in [0.15, 0.2) is 46.9 Å². The molecule has 2 rings (SSSR count). The Hall–Kier alpha value is -1.95. The molecule has 0 atom stereocenters. The molecule has 0 aliphatic carbocycles. The molecule has 21 heavy (non-hydrogen) atoms. The molecule has 0 aliphatic heterocycles. The minimum atomic E-state index is -0.546. The quantitative estimate of drug-likeness (QED) is 0.892. The van der Waals surface area contributed by atoms with Crippen LogP contribution in [0.4, 0.5) is 8.78 Å². The third-order valence-corrected chi connectivity index (χ3v) is 3.15. The first-order valence-corrected chi connectivity index (χ1v) is 6.93. The van der Waals surface area contributed by atoms with Gasteiger partial charge in [-0.2, -0.15) is 0 Å². The number of carbonyl (C=O) groups excluding carboxylic acids is 1. The van der Waals surface area contributed by atoms with Gasteiger partial charge < -0.3 is 10.1 Å². The van der Waals surface area contributed by atoms with E-state index in [1.54, 1.807) is 18.2 Å². The van der Waals surface area contributed by atoms with Crippen LogP contribution in [0.25, 0.3) is 0 Å². The van der Waals surface area contributed by atoms with Gasteiger partial charge in [0.2, 0.25) is 0 Å². The standard InChI is InChI=1S/C15H12BrF2NO2/c16-11-3-6-14(13(18)7-11)21-9-15(20)19-8-10-1-4-12(17)5-2-10/h1-7H,8-9H2,(H,19,20). The van der Waals surface area contributed by atoms with Crippen LogP contribution in [0.1, 0.15) is 5.56 Å². The molecule has 0 saturated carbocycles. The Kier molecular flexibility index (Phi) is 5.27. The SMILES string of the molecule is O=C(COc1ccc(Br)cc1F)NCc1ccc(F)cc1. The number of hydrogen-bond donors (Lipinski definition) is 1. The van der Waals surface area contributed by atoms with Gasteiger partial charge in [0.25, 0.3) is 5.91 Å². The van der Waals surface area contributed by atoms with Gasteiger partial charge in [0.15, 0.2) is 18.2 Å². The van der Waals surface area contributed by atoms with Crippen molar-refractivity contribution in [2.45, 2.75) is 6.54 Å². The summed E-state index contributed by atoms with van der Waals surface area (Å²) < 4.78 is 31.9. The molecule has 2 aromatic rings. The first-order chi connectivity index (χ1) is 10.0. The summed E-state index contributed by atoms with van der Waals surface area (Å²) in [6, 6.07) is 10.1. The second-order valence-electron chi connectivity index (χ2n) is 4.27. The van der Waals surface area contributed by atoms with Crippen molar-refractivity contribution in [3.05, 3.63) is 64.1 Å². The summed E-state index contributed by atoms with van der Waals surface area (Å²) in [6.45, 7) is -0.0367. The fourth-order valence-electron chi connectivity index (χ4n) is 1.59. The van der Waals surface area contributed by atoms with E-state index in [1.165, 1.54) is 24.3 Å². The highest BCUT2D eigenvalue weighted by atomic mass is 79.9. The van der Waals surface area contributed by atoms with E-state index < -0.39 is 5.82 Å². The first kappa shape index (κ1) is 15.4. The van der Waals surface area contributed by atoms with Crippen molar-refractivity contribution in [2.24, 2.45) is 0 Å². The second kappa shape index (κ2) is 7.17. The van der Waals surface area contributed by atoms with Crippen molar-refractivity contribution in [1.82, 2.24) is 5.32 Å². The summed E-state index contributed by atoms with van der Waals surface area (Å²) in [5.41, 5.74) is 0.763. The molecule has 1 amide bonds. The maximum Gasteiger partial charge on any atom is 0.258 e. The molecule has 0 bridgehead atoms. The van der Waals surface area contributed by atoms with Crippen molar-refractivity contribution in [3.63, 3.8) is 0 Å². The zero-order chi connectivity index (χ0) is 15.2. The summed E-state index contributed by atoms with van der Waals surface area (Å²) in [5.74, 6) is -1.26. The summed E-state index contributed by atoms with van der Waals surface area (Å²) in [7, 11) is 0. The summed E-state index contributed by atoms with van der Waals surface area (Å²) in [5, 5.41) is 2.60. The molecule has 0 spiro atoms. The number of benzene rings is 2. The predicted octanol–water partition coefficient (Wildman–Crippen LogP) is 3.42. The third kappa shape index (κ3) is 4.82. The minimum Gasteiger partial charge on any atom is -0.481 e. The first-order valence-electron chi connectivity index (χ1n) is 6.13. The highest BCUT2D eigenvalue weighted by molar-refractivity contribution is 9.10. The Morgan fingerprint density at radius 3 is 2.52 bits per heavy atom. The Balaban J connectivity index is 1.80. The lowest BCUT2D eigenvalue weighted by atomic mass is 10.2. The van der Waals surface area contributed by atoms with E-state index in [-0.39, 0.29) is 30.6 Å². The Morgan fingerprint density at radius 1 is 1.14 bits per heavy atom. The van der Waals surface area contributed by atoms with E-state index in [0.29, 0.717) is 4.47 Å². The smallest absolute Gasteiger partial charge is 0.258 e. The van der Waals surface area contributed by atoms with Crippen LogP contribution in [-0.4, -0.2) is 12.5 Å². The molecule has 0 heterocycles. The lowest BCUT2D eigenvalue weighted by Gasteiger charge is -2.08. The van der Waals surface area contributed by atoms with E-state index >= 15 is 0 Å². The predicted molar refractivity (Wildman–Crippen MR) is 77.8 cm³/mol. The molecule has 1 N–H and O–H groups in total. The lowest BCUT2D eigenvalue weighted by Crippen LogP contribution is -2.28. The Labute approximate surface area is 129 Å². The van der Waals surface area contributed by atoms with E-state index in [4.69, 9.17) is 4.74 Å². The highest BCUT2D eigenvalue weighted by Crippen LogP contribution is 2.21. The molecule has 0 fully saturated rings. The van der Waals surface area contributed by atoms with Crippen molar-refractivity contribution in [3.8, 4) is 5.75 Å². The number of rotatable bonds is 5. The fraction of sp³-hybridized carbons (Fsp3) is 0.133. The van der Waals surface area contributed by atoms with Gasteiger partial charge in [-0.3, -0.25) is 4.79 Å². The van der Waals surface area contributed by atoms with Crippen LogP contribution in [-0.2, 0) is 11.3 Å². The van der Waals surface area contributed by atoms with Crippen molar-refractivity contribution < 1.29 is 18.3 Å². The summed E-state index contributed by atoms with van der Waals surface area (Å²) in [6.07, 6.45) is 0. The third-order valence-electron chi connectivity index (χ3n) is 2.66. The molecule has 110 valence electrons. The summed E-state index contributed by atoms with van der Waals surface area (Å²) >= 11 is 3.13. The molecule has 3 nitrogen and oxygen atoms in total. The van der Waals surface area contributed by atoms with Crippen LogP contribution < -0.4 is 10.1 Å². The number of halogens is 3. The van der Waals surface area contributed by atoms with Gasteiger partial charge in [0.1, 0.15) is 5.82 Å². The van der Waals surface area contributed by atoms with Crippen LogP contribution in [0.2, 0.25) is 0 Å². The molecule has 0 aliphatic rings. The Bertz CT molecular complexity index is 632. The number of nitrogens with one attached hydrogen (secondary N) is 1. The van der Waals surface area contributed by atoms with E-state index in [0.717, 1.165) is 5.56 Å². The molecular weight excluding hydrogens is 344 g/mol. The van der Waals surface area contributed by atoms with Gasteiger partial charge in [-0.05, 0) is 35.9 Å². The van der Waals surface area contributed by atoms with Crippen LogP contribution >= 0.6 is 15.9 Å². The minimum absolute atomic E-state index is 0.00938. The largest absolute Gasteiger partial charge is 0.481 e. The lowest BCUT2D eigenvalue weighted by molar-refractivity contribution is -0.123. The molecule has 0 radical (unpaired) electrons. The van der Waals surface area contributed by atoms with Gasteiger partial charge in [-0.25, -0.2) is 8.78 Å². The maximum atomic E-state index is 13.5. The van der Waals surface area contributed by atoms with Crippen molar-refractivity contribution in [1.29, 1.82) is 0 Å². The zero-order valence-electron chi connectivity index (χ0n) is 10.9. The topological polar surface area (TPSA) is 38.3 Å². The van der Waals surface area contributed by atoms with E-state index in [9.17, 15) is 13.6 Å². The molecule has 0 saturated heterocycles. The summed E-state index contributed by atoms with van der Waals surface area (Å²) in [4.78, 5) is 11.6. The number of amides is 1. The van der Waals surface area contributed by atoms with Crippen LogP contribution in [0.3, 0.4) is 0 Å². The number of ether oxygens (including phenoxy) is 1. The average molecular weight is 356 g/mol.